The number of nitrogens with one attached hydrogen (secondary N) is 1. The molecule has 5 aliphatic carbocycles. The molecule has 0 heterocycles. The van der Waals surface area contributed by atoms with Crippen molar-refractivity contribution >= 4 is 17.5 Å². The van der Waals surface area contributed by atoms with E-state index in [2.05, 4.69) is 5.32 Å². The Morgan fingerprint density at radius 2 is 1.48 bits per heavy atom. The number of amides is 1. The van der Waals surface area contributed by atoms with Gasteiger partial charge in [-0.1, -0.05) is 19.3 Å². The Hall–Kier alpha value is -0.240. The SMILES string of the molecule is O=C(NC1CCCCCC1Cl)C12CC3CC(CC(C3)C1)C2. The molecule has 4 bridgehead atoms. The van der Waals surface area contributed by atoms with Gasteiger partial charge in [0.15, 0.2) is 0 Å². The molecule has 5 aliphatic rings. The second-order valence-electron chi connectivity index (χ2n) is 8.43. The van der Waals surface area contributed by atoms with E-state index in [9.17, 15) is 4.79 Å². The van der Waals surface area contributed by atoms with Gasteiger partial charge in [-0.25, -0.2) is 0 Å². The van der Waals surface area contributed by atoms with Crippen LogP contribution in [0.4, 0.5) is 0 Å². The summed E-state index contributed by atoms with van der Waals surface area (Å²) in [5.74, 6) is 2.87. The van der Waals surface area contributed by atoms with Gasteiger partial charge < -0.3 is 5.32 Å². The van der Waals surface area contributed by atoms with Gasteiger partial charge in [0.2, 0.25) is 5.91 Å². The van der Waals surface area contributed by atoms with Crippen LogP contribution in [0, 0.1) is 23.2 Å². The third-order valence-corrected chi connectivity index (χ3v) is 7.29. The summed E-state index contributed by atoms with van der Waals surface area (Å²) in [6.45, 7) is 0. The van der Waals surface area contributed by atoms with Crippen LogP contribution in [0.3, 0.4) is 0 Å². The van der Waals surface area contributed by atoms with Gasteiger partial charge in [-0.05, 0) is 69.1 Å². The van der Waals surface area contributed by atoms with E-state index in [1.807, 2.05) is 0 Å². The van der Waals surface area contributed by atoms with E-state index in [0.29, 0.717) is 5.91 Å². The van der Waals surface area contributed by atoms with Crippen molar-refractivity contribution in [2.45, 2.75) is 82.0 Å². The maximum Gasteiger partial charge on any atom is 0.226 e. The monoisotopic (exact) mass is 309 g/mol. The van der Waals surface area contributed by atoms with Crippen molar-refractivity contribution in [3.05, 3.63) is 0 Å². The van der Waals surface area contributed by atoms with Gasteiger partial charge in [0, 0.05) is 11.5 Å². The predicted molar refractivity (Wildman–Crippen MR) is 85.3 cm³/mol. The molecule has 5 fully saturated rings. The van der Waals surface area contributed by atoms with Crippen LogP contribution in [-0.4, -0.2) is 17.3 Å². The van der Waals surface area contributed by atoms with Crippen molar-refractivity contribution in [2.24, 2.45) is 23.2 Å². The van der Waals surface area contributed by atoms with Crippen LogP contribution < -0.4 is 5.32 Å². The molecule has 0 aliphatic heterocycles. The molecule has 5 saturated carbocycles. The van der Waals surface area contributed by atoms with Gasteiger partial charge in [-0.3, -0.25) is 4.79 Å². The lowest BCUT2D eigenvalue weighted by molar-refractivity contribution is -0.147. The topological polar surface area (TPSA) is 29.1 Å². The molecule has 0 spiro atoms. The second-order valence-corrected chi connectivity index (χ2v) is 8.99. The molecule has 2 unspecified atom stereocenters. The molecule has 2 atom stereocenters. The van der Waals surface area contributed by atoms with Crippen LogP contribution >= 0.6 is 11.6 Å². The van der Waals surface area contributed by atoms with Crippen LogP contribution in [-0.2, 0) is 4.79 Å². The summed E-state index contributed by atoms with van der Waals surface area (Å²) < 4.78 is 0. The zero-order chi connectivity index (χ0) is 14.4. The summed E-state index contributed by atoms with van der Waals surface area (Å²) in [5.41, 5.74) is -0.0162. The minimum Gasteiger partial charge on any atom is -0.351 e. The zero-order valence-electron chi connectivity index (χ0n) is 13.0. The van der Waals surface area contributed by atoms with E-state index >= 15 is 0 Å². The highest BCUT2D eigenvalue weighted by Crippen LogP contribution is 2.60. The van der Waals surface area contributed by atoms with Crippen LogP contribution in [0.5, 0.6) is 0 Å². The zero-order valence-corrected chi connectivity index (χ0v) is 13.7. The number of hydrogen-bond donors (Lipinski definition) is 1. The highest BCUT2D eigenvalue weighted by molar-refractivity contribution is 6.21. The minimum absolute atomic E-state index is 0.0162. The Bertz CT molecular complexity index is 386. The normalized spacial score (nSPS) is 48.9. The molecule has 0 aromatic carbocycles. The van der Waals surface area contributed by atoms with Crippen molar-refractivity contribution < 1.29 is 4.79 Å². The van der Waals surface area contributed by atoms with Gasteiger partial charge >= 0.3 is 0 Å². The number of rotatable bonds is 2. The summed E-state index contributed by atoms with van der Waals surface area (Å²) in [7, 11) is 0. The lowest BCUT2D eigenvalue weighted by Gasteiger charge is -2.56. The molecular formula is C18H28ClNO. The third-order valence-electron chi connectivity index (χ3n) is 6.77. The molecule has 0 radical (unpaired) electrons. The fourth-order valence-corrected chi connectivity index (χ4v) is 6.48. The lowest BCUT2D eigenvalue weighted by atomic mass is 9.49. The minimum atomic E-state index is -0.0162. The molecule has 1 N–H and O–H groups in total. The predicted octanol–water partition coefficient (Wildman–Crippen LogP) is 4.26. The van der Waals surface area contributed by atoms with Gasteiger partial charge in [0.25, 0.3) is 0 Å². The smallest absolute Gasteiger partial charge is 0.226 e. The van der Waals surface area contributed by atoms with E-state index in [1.165, 1.54) is 38.5 Å². The fraction of sp³-hybridized carbons (Fsp3) is 0.944. The van der Waals surface area contributed by atoms with Crippen molar-refractivity contribution in [1.29, 1.82) is 0 Å². The first-order valence-electron chi connectivity index (χ1n) is 9.10. The second kappa shape index (κ2) is 5.44. The first-order valence-corrected chi connectivity index (χ1v) is 9.53. The van der Waals surface area contributed by atoms with Crippen LogP contribution in [0.25, 0.3) is 0 Å². The lowest BCUT2D eigenvalue weighted by Crippen LogP contribution is -2.56. The maximum atomic E-state index is 13.1. The van der Waals surface area contributed by atoms with Crippen LogP contribution in [0.15, 0.2) is 0 Å². The maximum absolute atomic E-state index is 13.1. The molecule has 5 rings (SSSR count). The third kappa shape index (κ3) is 2.62. The molecule has 118 valence electrons. The molecule has 21 heavy (non-hydrogen) atoms. The van der Waals surface area contributed by atoms with Crippen LogP contribution in [0.1, 0.15) is 70.6 Å². The van der Waals surface area contributed by atoms with Crippen molar-refractivity contribution in [1.82, 2.24) is 5.32 Å². The summed E-state index contributed by atoms with van der Waals surface area (Å²) in [6, 6.07) is 0.217. The first-order chi connectivity index (χ1) is 10.1. The number of carbonyl (C=O) groups excluding carboxylic acids is 1. The highest BCUT2D eigenvalue weighted by atomic mass is 35.5. The summed E-state index contributed by atoms with van der Waals surface area (Å²) in [5, 5.41) is 3.54. The average Bonchev–Trinajstić information content (AvgIpc) is 2.62. The largest absolute Gasteiger partial charge is 0.351 e. The summed E-state index contributed by atoms with van der Waals surface area (Å²) >= 11 is 6.52. The Balaban J connectivity index is 1.47. The highest BCUT2D eigenvalue weighted by Gasteiger charge is 2.54. The summed E-state index contributed by atoms with van der Waals surface area (Å²) in [6.07, 6.45) is 13.5. The van der Waals surface area contributed by atoms with Crippen LogP contribution in [0.2, 0.25) is 0 Å². The number of hydrogen-bond acceptors (Lipinski definition) is 1. The van der Waals surface area contributed by atoms with Crippen molar-refractivity contribution in [2.75, 3.05) is 0 Å². The number of carbonyl (C=O) groups is 1. The molecular weight excluding hydrogens is 282 g/mol. The van der Waals surface area contributed by atoms with Gasteiger partial charge in [0.1, 0.15) is 0 Å². The molecule has 0 aromatic heterocycles. The van der Waals surface area contributed by atoms with Crippen molar-refractivity contribution in [3.63, 3.8) is 0 Å². The van der Waals surface area contributed by atoms with E-state index in [1.54, 1.807) is 0 Å². The Kier molecular flexibility index (Phi) is 3.72. The van der Waals surface area contributed by atoms with E-state index in [0.717, 1.165) is 49.9 Å². The molecule has 0 saturated heterocycles. The summed E-state index contributed by atoms with van der Waals surface area (Å²) in [4.78, 5) is 13.1. The van der Waals surface area contributed by atoms with E-state index in [4.69, 9.17) is 11.6 Å². The first kappa shape index (κ1) is 14.4. The Morgan fingerprint density at radius 1 is 0.905 bits per heavy atom. The Morgan fingerprint density at radius 3 is 2.10 bits per heavy atom. The number of halogens is 1. The fourth-order valence-electron chi connectivity index (χ4n) is 6.14. The molecule has 1 amide bonds. The van der Waals surface area contributed by atoms with Crippen molar-refractivity contribution in [3.8, 4) is 0 Å². The Labute approximate surface area is 133 Å². The molecule has 3 heteroatoms. The molecule has 0 aromatic rings. The average molecular weight is 310 g/mol. The quantitative estimate of drug-likeness (QED) is 0.599. The van der Waals surface area contributed by atoms with Gasteiger partial charge in [-0.15, -0.1) is 11.6 Å². The van der Waals surface area contributed by atoms with Gasteiger partial charge in [-0.2, -0.15) is 0 Å². The molecule has 2 nitrogen and oxygen atoms in total. The van der Waals surface area contributed by atoms with E-state index in [-0.39, 0.29) is 16.8 Å². The van der Waals surface area contributed by atoms with Gasteiger partial charge in [0.05, 0.1) is 5.38 Å². The number of alkyl halides is 1. The standard InChI is InChI=1S/C18H28ClNO/c19-15-4-2-1-3-5-16(15)20-17(21)18-9-12-6-13(10-18)8-14(7-12)11-18/h12-16H,1-11H2,(H,20,21). The van der Waals surface area contributed by atoms with E-state index < -0.39 is 0 Å².